The lowest BCUT2D eigenvalue weighted by atomic mass is 9.85. The van der Waals surface area contributed by atoms with E-state index >= 15 is 0 Å². The normalized spacial score (nSPS) is 26.3. The summed E-state index contributed by atoms with van der Waals surface area (Å²) in [6.07, 6.45) is 5.47. The molecule has 2 amide bonds. The predicted molar refractivity (Wildman–Crippen MR) is 84.7 cm³/mol. The van der Waals surface area contributed by atoms with Crippen LogP contribution in [0.1, 0.15) is 17.7 Å². The number of nitrogens with one attached hydrogen (secondary N) is 1. The van der Waals surface area contributed by atoms with E-state index in [9.17, 15) is 9.59 Å². The van der Waals surface area contributed by atoms with Crippen molar-refractivity contribution in [3.8, 4) is 0 Å². The van der Waals surface area contributed by atoms with Gasteiger partial charge in [0, 0.05) is 0 Å². The second kappa shape index (κ2) is 6.02. The molecule has 3 atom stereocenters. The Morgan fingerprint density at radius 3 is 2.38 bits per heavy atom. The van der Waals surface area contributed by atoms with Gasteiger partial charge in [-0.25, -0.2) is 4.90 Å². The zero-order valence-electron chi connectivity index (χ0n) is 11.8. The number of thiophene rings is 1. The van der Waals surface area contributed by atoms with Crippen molar-refractivity contribution >= 4 is 39.1 Å². The van der Waals surface area contributed by atoms with E-state index in [4.69, 9.17) is 0 Å². The van der Waals surface area contributed by atoms with E-state index in [-0.39, 0.29) is 23.7 Å². The number of quaternary nitrogens is 1. The van der Waals surface area contributed by atoms with Crippen LogP contribution in [-0.4, -0.2) is 30.4 Å². The largest absolute Gasteiger partial charge is 0.315 e. The summed E-state index contributed by atoms with van der Waals surface area (Å²) >= 11 is 5.15. The van der Waals surface area contributed by atoms with Gasteiger partial charge in [0.1, 0.15) is 6.54 Å². The van der Waals surface area contributed by atoms with Crippen LogP contribution in [0.5, 0.6) is 0 Å². The van der Waals surface area contributed by atoms with Crippen molar-refractivity contribution < 1.29 is 14.5 Å². The molecule has 1 aromatic heterocycles. The third kappa shape index (κ3) is 2.98. The first-order valence-corrected chi connectivity index (χ1v) is 8.73. The summed E-state index contributed by atoms with van der Waals surface area (Å²) in [5.74, 6) is -0.209. The summed E-state index contributed by atoms with van der Waals surface area (Å²) in [6, 6.07) is 4.11. The first-order chi connectivity index (χ1) is 10.1. The number of halogens is 1. The van der Waals surface area contributed by atoms with Crippen LogP contribution in [0.3, 0.4) is 0 Å². The fourth-order valence-electron chi connectivity index (χ4n) is 3.09. The number of carbonyl (C=O) groups excluding carboxylic acids is 2. The highest BCUT2D eigenvalue weighted by Gasteiger charge is 2.48. The SMILES string of the molecule is C[NH+](Cc1ccc(Br)s1)CN1C(=O)[C@H]2CC=CC[C@H]2C1=O. The van der Waals surface area contributed by atoms with Crippen molar-refractivity contribution in [3.63, 3.8) is 0 Å². The van der Waals surface area contributed by atoms with Crippen LogP contribution in [-0.2, 0) is 16.1 Å². The zero-order chi connectivity index (χ0) is 15.0. The number of hydrogen-bond acceptors (Lipinski definition) is 3. The van der Waals surface area contributed by atoms with Crippen LogP contribution in [0, 0.1) is 11.8 Å². The summed E-state index contributed by atoms with van der Waals surface area (Å²) in [5, 5.41) is 0. The number of likely N-dealkylation sites (tertiary alicyclic amines) is 1. The molecule has 6 heteroatoms. The summed E-state index contributed by atoms with van der Waals surface area (Å²) in [7, 11) is 2.02. The van der Waals surface area contributed by atoms with E-state index < -0.39 is 0 Å². The van der Waals surface area contributed by atoms with E-state index in [2.05, 4.69) is 22.0 Å². The van der Waals surface area contributed by atoms with Gasteiger partial charge in [-0.05, 0) is 40.9 Å². The Bertz CT molecular complexity index is 572. The molecule has 1 aliphatic carbocycles. The molecule has 112 valence electrons. The monoisotopic (exact) mass is 369 g/mol. The van der Waals surface area contributed by atoms with E-state index in [0.717, 1.165) is 15.2 Å². The van der Waals surface area contributed by atoms with Gasteiger partial charge in [-0.2, -0.15) is 0 Å². The Kier molecular flexibility index (Phi) is 4.28. The smallest absolute Gasteiger partial charge is 0.237 e. The third-order valence-electron chi connectivity index (χ3n) is 4.13. The van der Waals surface area contributed by atoms with Crippen molar-refractivity contribution in [2.75, 3.05) is 13.7 Å². The van der Waals surface area contributed by atoms with Crippen LogP contribution >= 0.6 is 27.3 Å². The first-order valence-electron chi connectivity index (χ1n) is 7.12. The second-order valence-corrected chi connectivity index (χ2v) is 8.31. The summed E-state index contributed by atoms with van der Waals surface area (Å²) in [4.78, 5) is 28.7. The maximum Gasteiger partial charge on any atom is 0.237 e. The number of hydrogen-bond donors (Lipinski definition) is 1. The van der Waals surface area contributed by atoms with Gasteiger partial charge in [-0.1, -0.05) is 12.2 Å². The fourth-order valence-corrected chi connectivity index (χ4v) is 4.69. The Hall–Kier alpha value is -0.980. The lowest BCUT2D eigenvalue weighted by molar-refractivity contribution is -0.900. The minimum absolute atomic E-state index is 0.0149. The van der Waals surface area contributed by atoms with Gasteiger partial charge in [0.2, 0.25) is 11.8 Å². The lowest BCUT2D eigenvalue weighted by Gasteiger charge is -2.20. The molecule has 1 aromatic rings. The Balaban J connectivity index is 1.64. The molecule has 21 heavy (non-hydrogen) atoms. The summed E-state index contributed by atoms with van der Waals surface area (Å²) < 4.78 is 1.11. The number of amides is 2. The van der Waals surface area contributed by atoms with Crippen LogP contribution in [0.25, 0.3) is 0 Å². The fraction of sp³-hybridized carbons (Fsp3) is 0.467. The first kappa shape index (κ1) is 14.9. The number of allylic oxidation sites excluding steroid dienone is 2. The van der Waals surface area contributed by atoms with Crippen molar-refractivity contribution in [1.82, 2.24) is 4.90 Å². The Morgan fingerprint density at radius 2 is 1.86 bits per heavy atom. The molecule has 0 bridgehead atoms. The van der Waals surface area contributed by atoms with Gasteiger partial charge in [0.05, 0.1) is 27.5 Å². The molecular formula is C15H18BrN2O2S+. The highest BCUT2D eigenvalue weighted by atomic mass is 79.9. The molecule has 4 nitrogen and oxygen atoms in total. The maximum absolute atomic E-state index is 12.4. The van der Waals surface area contributed by atoms with Gasteiger partial charge in [-0.15, -0.1) is 11.3 Å². The Labute approximate surface area is 136 Å². The van der Waals surface area contributed by atoms with Crippen molar-refractivity contribution in [3.05, 3.63) is 32.9 Å². The molecule has 2 heterocycles. The standard InChI is InChI=1S/C15H17BrN2O2S/c1-17(8-10-6-7-13(16)21-10)9-18-14(19)11-4-2-3-5-12(11)15(18)20/h2-3,6-7,11-12H,4-5,8-9H2,1H3/p+1/t11-,12+. The average molecular weight is 370 g/mol. The second-order valence-electron chi connectivity index (χ2n) is 5.76. The van der Waals surface area contributed by atoms with Crippen molar-refractivity contribution in [2.24, 2.45) is 11.8 Å². The number of imide groups is 1. The molecule has 2 aliphatic rings. The maximum atomic E-state index is 12.4. The van der Waals surface area contributed by atoms with Gasteiger partial charge >= 0.3 is 0 Å². The Morgan fingerprint density at radius 1 is 1.24 bits per heavy atom. The lowest BCUT2D eigenvalue weighted by Crippen LogP contribution is -3.09. The van der Waals surface area contributed by atoms with E-state index in [1.807, 2.05) is 25.3 Å². The molecule has 0 saturated carbocycles. The topological polar surface area (TPSA) is 41.8 Å². The molecule has 1 aliphatic heterocycles. The molecule has 1 N–H and O–H groups in total. The number of fused-ring (bicyclic) bond motifs is 1. The number of nitrogens with zero attached hydrogens (tertiary/aromatic N) is 1. The molecule has 0 aromatic carbocycles. The van der Waals surface area contributed by atoms with Crippen molar-refractivity contribution in [1.29, 1.82) is 0 Å². The molecular weight excluding hydrogens is 352 g/mol. The minimum Gasteiger partial charge on any atom is -0.315 e. The third-order valence-corrected chi connectivity index (χ3v) is 5.76. The van der Waals surface area contributed by atoms with Gasteiger partial charge < -0.3 is 4.90 Å². The highest BCUT2D eigenvalue weighted by Crippen LogP contribution is 2.34. The zero-order valence-corrected chi connectivity index (χ0v) is 14.2. The highest BCUT2D eigenvalue weighted by molar-refractivity contribution is 9.11. The molecule has 1 saturated heterocycles. The van der Waals surface area contributed by atoms with Crippen LogP contribution < -0.4 is 4.90 Å². The predicted octanol–water partition coefficient (Wildman–Crippen LogP) is 1.43. The van der Waals surface area contributed by atoms with Crippen molar-refractivity contribution in [2.45, 2.75) is 19.4 Å². The van der Waals surface area contributed by atoms with E-state index in [1.54, 1.807) is 11.3 Å². The average Bonchev–Trinajstić information content (AvgIpc) is 2.97. The number of carbonyl (C=O) groups is 2. The van der Waals surface area contributed by atoms with E-state index in [0.29, 0.717) is 19.5 Å². The molecule has 0 spiro atoms. The summed E-state index contributed by atoms with van der Waals surface area (Å²) in [6.45, 7) is 1.28. The van der Waals surface area contributed by atoms with Gasteiger partial charge in [-0.3, -0.25) is 9.59 Å². The van der Waals surface area contributed by atoms with Crippen LogP contribution in [0.4, 0.5) is 0 Å². The minimum atomic E-state index is -0.119. The molecule has 0 radical (unpaired) electrons. The van der Waals surface area contributed by atoms with Crippen LogP contribution in [0.2, 0.25) is 0 Å². The molecule has 1 fully saturated rings. The number of rotatable bonds is 4. The van der Waals surface area contributed by atoms with E-state index in [1.165, 1.54) is 9.78 Å². The summed E-state index contributed by atoms with van der Waals surface area (Å²) in [5.41, 5.74) is 0. The molecule has 1 unspecified atom stereocenters. The van der Waals surface area contributed by atoms with Crippen LogP contribution in [0.15, 0.2) is 28.1 Å². The quantitative estimate of drug-likeness (QED) is 0.644. The van der Waals surface area contributed by atoms with Gasteiger partial charge in [0.25, 0.3) is 0 Å². The van der Waals surface area contributed by atoms with Gasteiger partial charge in [0.15, 0.2) is 6.67 Å². The molecule has 3 rings (SSSR count).